The van der Waals surface area contributed by atoms with E-state index in [-0.39, 0.29) is 0 Å². The van der Waals surface area contributed by atoms with Gasteiger partial charge in [-0.05, 0) is 25.7 Å². The Morgan fingerprint density at radius 2 is 1.10 bits per heavy atom. The van der Waals surface area contributed by atoms with Crippen molar-refractivity contribution in [2.75, 3.05) is 27.2 Å². The van der Waals surface area contributed by atoms with Crippen molar-refractivity contribution in [1.82, 2.24) is 0 Å². The van der Waals surface area contributed by atoms with E-state index in [0.29, 0.717) is 0 Å². The highest BCUT2D eigenvalue weighted by Gasteiger charge is 2.12. The quantitative estimate of drug-likeness (QED) is 0.347. The summed E-state index contributed by atoms with van der Waals surface area (Å²) in [6.45, 7) is 7.31. The Hall–Kier alpha value is 0.0700. The molecule has 0 radical (unpaired) electrons. The summed E-state index contributed by atoms with van der Waals surface area (Å²) in [5.74, 6) is 0. The Morgan fingerprint density at radius 3 is 1.52 bits per heavy atom. The molecule has 130 valence electrons. The number of phosphoric acid groups is 1. The van der Waals surface area contributed by atoms with E-state index in [0.717, 1.165) is 0 Å². The van der Waals surface area contributed by atoms with E-state index in [1.807, 2.05) is 0 Å². The number of rotatable bonds is 11. The van der Waals surface area contributed by atoms with E-state index in [4.69, 9.17) is 19.2 Å². The maximum atomic E-state index is 8.77. The molecule has 0 aliphatic carbocycles. The van der Waals surface area contributed by atoms with Crippen LogP contribution in [0.25, 0.3) is 0 Å². The molecule has 0 aliphatic rings. The number of quaternary nitrogens is 1. The summed E-state index contributed by atoms with van der Waals surface area (Å²) in [7, 11) is -0.108. The number of hydrogen-bond donors (Lipinski definition) is 2. The summed E-state index contributed by atoms with van der Waals surface area (Å²) in [6.07, 6.45) is 12.7. The lowest BCUT2D eigenvalue weighted by Gasteiger charge is -2.29. The third-order valence-corrected chi connectivity index (χ3v) is 3.48. The molecule has 0 aromatic rings. The predicted molar refractivity (Wildman–Crippen MR) is 86.8 cm³/mol. The molecule has 0 amide bonds. The molecule has 6 heteroatoms. The third-order valence-electron chi connectivity index (χ3n) is 3.48. The standard InChI is InChI=1S/C15H34N.H3O4P/c1-5-7-9-10-11-13-15-16(3,4)14-12-8-6-2;1-5(2,3)4/h5-15H2,1-4H3;(H3,1,2,3,4)/q+1;/p-1. The Morgan fingerprint density at radius 1 is 0.810 bits per heavy atom. The zero-order valence-corrected chi connectivity index (χ0v) is 15.3. The number of hydrogen-bond acceptors (Lipinski definition) is 2. The lowest BCUT2D eigenvalue weighted by Crippen LogP contribution is -2.41. The maximum Gasteiger partial charge on any atom is 0.262 e. The van der Waals surface area contributed by atoms with E-state index in [9.17, 15) is 0 Å². The molecule has 0 heterocycles. The van der Waals surface area contributed by atoms with Gasteiger partial charge in [0, 0.05) is 0 Å². The van der Waals surface area contributed by atoms with Crippen LogP contribution in [0.3, 0.4) is 0 Å². The van der Waals surface area contributed by atoms with Gasteiger partial charge in [0.2, 0.25) is 0 Å². The van der Waals surface area contributed by atoms with Crippen molar-refractivity contribution in [3.63, 3.8) is 0 Å². The van der Waals surface area contributed by atoms with Crippen molar-refractivity contribution in [2.24, 2.45) is 0 Å². The summed E-state index contributed by atoms with van der Waals surface area (Å²) >= 11 is 0. The van der Waals surface area contributed by atoms with E-state index in [2.05, 4.69) is 27.9 Å². The van der Waals surface area contributed by atoms with Crippen LogP contribution in [0.15, 0.2) is 0 Å². The topological polar surface area (TPSA) is 80.6 Å². The van der Waals surface area contributed by atoms with Gasteiger partial charge in [0.1, 0.15) is 0 Å². The zero-order valence-electron chi connectivity index (χ0n) is 14.4. The molecule has 0 aromatic carbocycles. The molecule has 0 atom stereocenters. The van der Waals surface area contributed by atoms with Gasteiger partial charge in [0.05, 0.1) is 27.2 Å². The number of nitrogens with zero attached hydrogens (tertiary/aromatic N) is 1. The third kappa shape index (κ3) is 28.9. The molecule has 0 bridgehead atoms. The van der Waals surface area contributed by atoms with Crippen molar-refractivity contribution in [1.29, 1.82) is 0 Å². The highest BCUT2D eigenvalue weighted by Crippen LogP contribution is 2.19. The molecule has 21 heavy (non-hydrogen) atoms. The van der Waals surface area contributed by atoms with Crippen molar-refractivity contribution in [3.8, 4) is 0 Å². The molecule has 0 unspecified atom stereocenters. The first-order valence-corrected chi connectivity index (χ1v) is 9.74. The first-order chi connectivity index (χ1) is 9.62. The van der Waals surface area contributed by atoms with Gasteiger partial charge in [-0.2, -0.15) is 0 Å². The van der Waals surface area contributed by atoms with Gasteiger partial charge in [0.15, 0.2) is 0 Å². The zero-order chi connectivity index (χ0) is 16.8. The smallest absolute Gasteiger partial charge is 0.262 e. The summed E-state index contributed by atoms with van der Waals surface area (Å²) in [4.78, 5) is 22.9. The maximum absolute atomic E-state index is 8.77. The fourth-order valence-corrected chi connectivity index (χ4v) is 2.22. The van der Waals surface area contributed by atoms with Crippen molar-refractivity contribution in [2.45, 2.75) is 71.6 Å². The molecule has 0 saturated heterocycles. The van der Waals surface area contributed by atoms with Gasteiger partial charge in [-0.25, -0.2) is 0 Å². The van der Waals surface area contributed by atoms with E-state index in [1.54, 1.807) is 0 Å². The SMILES string of the molecule is CCCCCCCC[N+](C)(C)CCCCC.O=P([O-])(O)O. The Balaban J connectivity index is 0. The minimum Gasteiger partial charge on any atom is -0.756 e. The molecule has 5 nitrogen and oxygen atoms in total. The van der Waals surface area contributed by atoms with Gasteiger partial charge in [-0.1, -0.05) is 46.0 Å². The van der Waals surface area contributed by atoms with E-state index < -0.39 is 7.82 Å². The van der Waals surface area contributed by atoms with Crippen LogP contribution in [0.4, 0.5) is 0 Å². The largest absolute Gasteiger partial charge is 0.756 e. The van der Waals surface area contributed by atoms with Crippen LogP contribution < -0.4 is 4.89 Å². The summed E-state index contributed by atoms with van der Waals surface area (Å²) in [5.41, 5.74) is 0. The van der Waals surface area contributed by atoms with Crippen LogP contribution in [-0.2, 0) is 4.57 Å². The summed E-state index contributed by atoms with van der Waals surface area (Å²) < 4.78 is 10.0. The molecule has 0 aromatic heterocycles. The van der Waals surface area contributed by atoms with Crippen molar-refractivity contribution >= 4 is 7.82 Å². The molecule has 0 rings (SSSR count). The summed E-state index contributed by atoms with van der Waals surface area (Å²) in [6, 6.07) is 0. The lowest BCUT2D eigenvalue weighted by molar-refractivity contribution is -0.890. The molecule has 0 spiro atoms. The van der Waals surface area contributed by atoms with Crippen LogP contribution >= 0.6 is 7.82 Å². The molecule has 0 aliphatic heterocycles. The average molecular weight is 325 g/mol. The fraction of sp³-hybridized carbons (Fsp3) is 1.00. The second-order valence-electron chi connectivity index (χ2n) is 6.35. The van der Waals surface area contributed by atoms with Crippen molar-refractivity contribution in [3.05, 3.63) is 0 Å². The van der Waals surface area contributed by atoms with Gasteiger partial charge in [-0.3, -0.25) is 4.57 Å². The minimum atomic E-state index is -4.89. The molecule has 0 saturated carbocycles. The average Bonchev–Trinajstić information content (AvgIpc) is 2.32. The van der Waals surface area contributed by atoms with Crippen molar-refractivity contribution < 1.29 is 23.7 Å². The van der Waals surface area contributed by atoms with Crippen LogP contribution in [0.2, 0.25) is 0 Å². The van der Waals surface area contributed by atoms with Crippen LogP contribution in [0.1, 0.15) is 71.6 Å². The molecule has 2 N–H and O–H groups in total. The first-order valence-electron chi connectivity index (χ1n) is 8.21. The Bertz CT molecular complexity index is 258. The summed E-state index contributed by atoms with van der Waals surface area (Å²) in [5, 5.41) is 0. The number of unbranched alkanes of at least 4 members (excludes halogenated alkanes) is 7. The van der Waals surface area contributed by atoms with Crippen LogP contribution in [0, 0.1) is 0 Å². The first kappa shape index (κ1) is 23.3. The van der Waals surface area contributed by atoms with Gasteiger partial charge < -0.3 is 19.2 Å². The normalized spacial score (nSPS) is 12.0. The highest BCUT2D eigenvalue weighted by molar-refractivity contribution is 7.43. The van der Waals surface area contributed by atoms with Crippen LogP contribution in [-0.4, -0.2) is 41.5 Å². The van der Waals surface area contributed by atoms with Gasteiger partial charge >= 0.3 is 0 Å². The van der Waals surface area contributed by atoms with Gasteiger partial charge in [-0.15, -0.1) is 0 Å². The Labute approximate surface area is 131 Å². The highest BCUT2D eigenvalue weighted by atomic mass is 31.2. The second-order valence-corrected chi connectivity index (χ2v) is 7.33. The Kier molecular flexibility index (Phi) is 15.2. The fourth-order valence-electron chi connectivity index (χ4n) is 2.22. The molecule has 0 fully saturated rings. The van der Waals surface area contributed by atoms with Gasteiger partial charge in [0.25, 0.3) is 7.82 Å². The minimum absolute atomic E-state index is 1.23. The predicted octanol–water partition coefficient (Wildman–Crippen LogP) is 3.05. The van der Waals surface area contributed by atoms with E-state index in [1.165, 1.54) is 75.4 Å². The molecular weight excluding hydrogens is 289 g/mol. The second kappa shape index (κ2) is 13.7. The van der Waals surface area contributed by atoms with Crippen LogP contribution in [0.5, 0.6) is 0 Å². The monoisotopic (exact) mass is 325 g/mol. The molecular formula is C15H36NO4P. The van der Waals surface area contributed by atoms with E-state index >= 15 is 0 Å². The lowest BCUT2D eigenvalue weighted by atomic mass is 10.1.